The van der Waals surface area contributed by atoms with Crippen molar-refractivity contribution in [2.24, 2.45) is 4.99 Å². The summed E-state index contributed by atoms with van der Waals surface area (Å²) in [7, 11) is 0. The quantitative estimate of drug-likeness (QED) is 0.516. The van der Waals surface area contributed by atoms with Gasteiger partial charge in [-0.1, -0.05) is 12.1 Å². The van der Waals surface area contributed by atoms with E-state index in [9.17, 15) is 9.18 Å². The number of rotatable bonds is 3. The zero-order valence-corrected chi connectivity index (χ0v) is 15.2. The lowest BCUT2D eigenvalue weighted by Gasteiger charge is -2.14. The zero-order valence-electron chi connectivity index (χ0n) is 14.4. The van der Waals surface area contributed by atoms with Gasteiger partial charge >= 0.3 is 0 Å². The molecular formula is C20H16FN3OS. The minimum atomic E-state index is -0.321. The molecule has 1 aromatic heterocycles. The Morgan fingerprint density at radius 3 is 2.73 bits per heavy atom. The van der Waals surface area contributed by atoms with Crippen molar-refractivity contribution < 1.29 is 9.18 Å². The van der Waals surface area contributed by atoms with Crippen molar-refractivity contribution in [1.29, 1.82) is 0 Å². The standard InChI is InChI=1S/C20H16FN3OS/c1-12-18(11-25)24-17-8-7-13(26-2)9-15(17)20(22-10-19(24)23-12)14-5-3-4-6-16(14)21/h3-9,11H,10H2,1-2H3. The fraction of sp³-hybridized carbons (Fsp3) is 0.150. The number of carbonyl (C=O) groups excluding carboxylic acids is 1. The number of carbonyl (C=O) groups is 1. The molecule has 4 nitrogen and oxygen atoms in total. The van der Waals surface area contributed by atoms with Crippen molar-refractivity contribution >= 4 is 23.8 Å². The Hall–Kier alpha value is -2.73. The third-order valence-electron chi connectivity index (χ3n) is 4.49. The minimum absolute atomic E-state index is 0.279. The summed E-state index contributed by atoms with van der Waals surface area (Å²) in [5.74, 6) is 0.354. The lowest BCUT2D eigenvalue weighted by Crippen LogP contribution is -2.10. The van der Waals surface area contributed by atoms with E-state index in [1.165, 1.54) is 6.07 Å². The van der Waals surface area contributed by atoms with Gasteiger partial charge in [0, 0.05) is 16.0 Å². The van der Waals surface area contributed by atoms with E-state index in [1.54, 1.807) is 30.0 Å². The lowest BCUT2D eigenvalue weighted by molar-refractivity contribution is 0.111. The Morgan fingerprint density at radius 2 is 2.00 bits per heavy atom. The van der Waals surface area contributed by atoms with E-state index >= 15 is 0 Å². The molecule has 0 atom stereocenters. The van der Waals surface area contributed by atoms with Crippen LogP contribution in [0.1, 0.15) is 33.1 Å². The second-order valence-corrected chi connectivity index (χ2v) is 6.86. The van der Waals surface area contributed by atoms with E-state index in [1.807, 2.05) is 35.9 Å². The van der Waals surface area contributed by atoms with E-state index in [0.717, 1.165) is 22.4 Å². The van der Waals surface area contributed by atoms with Crippen LogP contribution in [0.15, 0.2) is 52.4 Å². The van der Waals surface area contributed by atoms with E-state index in [4.69, 9.17) is 0 Å². The normalized spacial score (nSPS) is 12.8. The third kappa shape index (κ3) is 2.57. The Labute approximate surface area is 154 Å². The Morgan fingerprint density at radius 1 is 1.19 bits per heavy atom. The predicted molar refractivity (Wildman–Crippen MR) is 101 cm³/mol. The molecule has 0 saturated carbocycles. The number of thioether (sulfide) groups is 1. The minimum Gasteiger partial charge on any atom is -0.296 e. The van der Waals surface area contributed by atoms with Crippen LogP contribution in [0.25, 0.3) is 5.69 Å². The predicted octanol–water partition coefficient (Wildman–Crippen LogP) is 4.21. The Bertz CT molecular complexity index is 1060. The van der Waals surface area contributed by atoms with Crippen LogP contribution in [-0.2, 0) is 6.54 Å². The van der Waals surface area contributed by atoms with Gasteiger partial charge in [-0.2, -0.15) is 0 Å². The first-order valence-electron chi connectivity index (χ1n) is 8.15. The lowest BCUT2D eigenvalue weighted by atomic mass is 10.00. The molecule has 0 radical (unpaired) electrons. The highest BCUT2D eigenvalue weighted by Crippen LogP contribution is 2.30. The van der Waals surface area contributed by atoms with Gasteiger partial charge in [0.05, 0.1) is 23.6 Å². The number of aromatic nitrogens is 2. The third-order valence-corrected chi connectivity index (χ3v) is 5.21. The molecule has 2 heterocycles. The summed E-state index contributed by atoms with van der Waals surface area (Å²) < 4.78 is 16.3. The first kappa shape index (κ1) is 16.7. The molecule has 0 spiro atoms. The first-order valence-corrected chi connectivity index (χ1v) is 9.38. The molecule has 0 fully saturated rings. The van der Waals surface area contributed by atoms with Crippen molar-refractivity contribution in [3.05, 3.63) is 76.6 Å². The van der Waals surface area contributed by atoms with Gasteiger partial charge in [-0.3, -0.25) is 14.4 Å². The van der Waals surface area contributed by atoms with Crippen LogP contribution in [0.2, 0.25) is 0 Å². The van der Waals surface area contributed by atoms with Crippen LogP contribution in [0.4, 0.5) is 4.39 Å². The molecular weight excluding hydrogens is 349 g/mol. The van der Waals surface area contributed by atoms with E-state index in [0.29, 0.717) is 28.5 Å². The van der Waals surface area contributed by atoms with Crippen LogP contribution in [0, 0.1) is 12.7 Å². The molecule has 1 aliphatic rings. The number of aryl methyl sites for hydroxylation is 1. The molecule has 26 heavy (non-hydrogen) atoms. The highest BCUT2D eigenvalue weighted by Gasteiger charge is 2.24. The average molecular weight is 365 g/mol. The molecule has 0 saturated heterocycles. The van der Waals surface area contributed by atoms with Crippen LogP contribution < -0.4 is 0 Å². The molecule has 6 heteroatoms. The largest absolute Gasteiger partial charge is 0.296 e. The van der Waals surface area contributed by atoms with Crippen molar-refractivity contribution in [3.63, 3.8) is 0 Å². The first-order chi connectivity index (χ1) is 12.6. The smallest absolute Gasteiger partial charge is 0.168 e. The van der Waals surface area contributed by atoms with Gasteiger partial charge in [0.15, 0.2) is 6.29 Å². The van der Waals surface area contributed by atoms with Crippen LogP contribution in [-0.4, -0.2) is 27.8 Å². The number of halogens is 1. The number of benzene rings is 2. The van der Waals surface area contributed by atoms with Crippen LogP contribution >= 0.6 is 11.8 Å². The molecule has 1 aliphatic heterocycles. The van der Waals surface area contributed by atoms with Gasteiger partial charge in [-0.15, -0.1) is 11.8 Å². The fourth-order valence-corrected chi connectivity index (χ4v) is 3.70. The summed E-state index contributed by atoms with van der Waals surface area (Å²) in [5.41, 5.74) is 3.78. The van der Waals surface area contributed by atoms with E-state index in [-0.39, 0.29) is 12.4 Å². The number of hydrogen-bond donors (Lipinski definition) is 0. The van der Waals surface area contributed by atoms with Gasteiger partial charge < -0.3 is 0 Å². The van der Waals surface area contributed by atoms with E-state index < -0.39 is 0 Å². The summed E-state index contributed by atoms with van der Waals surface area (Å²) in [4.78, 5) is 21.9. The maximum Gasteiger partial charge on any atom is 0.168 e. The molecule has 0 amide bonds. The monoisotopic (exact) mass is 365 g/mol. The van der Waals surface area contributed by atoms with Crippen molar-refractivity contribution in [1.82, 2.24) is 9.55 Å². The number of hydrogen-bond acceptors (Lipinski definition) is 4. The number of imidazole rings is 1. The molecule has 3 aromatic rings. The maximum atomic E-state index is 14.5. The SMILES string of the molecule is CSc1ccc2c(c1)C(c1ccccc1F)=NCc1nc(C)c(C=O)n1-2. The molecule has 130 valence electrons. The van der Waals surface area contributed by atoms with Gasteiger partial charge in [-0.25, -0.2) is 9.37 Å². The molecule has 4 rings (SSSR count). The Kier molecular flexibility index (Phi) is 4.20. The summed E-state index contributed by atoms with van der Waals surface area (Å²) in [5, 5.41) is 0. The number of fused-ring (bicyclic) bond motifs is 3. The fourth-order valence-electron chi connectivity index (χ4n) is 3.26. The molecule has 2 aromatic carbocycles. The number of aldehydes is 1. The molecule has 0 aliphatic carbocycles. The summed E-state index contributed by atoms with van der Waals surface area (Å²) >= 11 is 1.60. The maximum absolute atomic E-state index is 14.5. The average Bonchev–Trinajstić information content (AvgIpc) is 2.89. The van der Waals surface area contributed by atoms with Crippen molar-refractivity contribution in [2.75, 3.05) is 6.26 Å². The van der Waals surface area contributed by atoms with Crippen molar-refractivity contribution in [2.45, 2.75) is 18.4 Å². The molecule has 0 N–H and O–H groups in total. The van der Waals surface area contributed by atoms with Crippen LogP contribution in [0.3, 0.4) is 0 Å². The zero-order chi connectivity index (χ0) is 18.3. The van der Waals surface area contributed by atoms with E-state index in [2.05, 4.69) is 9.98 Å². The highest BCUT2D eigenvalue weighted by atomic mass is 32.2. The molecule has 0 unspecified atom stereocenters. The van der Waals surface area contributed by atoms with Gasteiger partial charge in [-0.05, 0) is 43.5 Å². The van der Waals surface area contributed by atoms with Gasteiger partial charge in [0.1, 0.15) is 17.3 Å². The Balaban J connectivity index is 2.04. The second-order valence-electron chi connectivity index (χ2n) is 5.98. The number of nitrogens with zero attached hydrogens (tertiary/aromatic N) is 3. The van der Waals surface area contributed by atoms with Crippen LogP contribution in [0.5, 0.6) is 0 Å². The van der Waals surface area contributed by atoms with Crippen molar-refractivity contribution in [3.8, 4) is 5.69 Å². The summed E-state index contributed by atoms with van der Waals surface area (Å²) in [6, 6.07) is 12.5. The topological polar surface area (TPSA) is 47.2 Å². The van der Waals surface area contributed by atoms with Gasteiger partial charge in [0.25, 0.3) is 0 Å². The highest BCUT2D eigenvalue weighted by molar-refractivity contribution is 7.98. The number of aliphatic imine (C=N–C) groups is 1. The summed E-state index contributed by atoms with van der Waals surface area (Å²) in [6.07, 6.45) is 2.80. The van der Waals surface area contributed by atoms with Gasteiger partial charge in [0.2, 0.25) is 0 Å². The second kappa shape index (κ2) is 6.53. The summed E-state index contributed by atoms with van der Waals surface area (Å²) in [6.45, 7) is 2.09. The molecule has 0 bridgehead atoms.